The summed E-state index contributed by atoms with van der Waals surface area (Å²) in [5, 5.41) is 3.40. The highest BCUT2D eigenvalue weighted by atomic mass is 16.2. The zero-order valence-electron chi connectivity index (χ0n) is 12.8. The van der Waals surface area contributed by atoms with E-state index < -0.39 is 0 Å². The van der Waals surface area contributed by atoms with Crippen molar-refractivity contribution in [3.8, 4) is 0 Å². The summed E-state index contributed by atoms with van der Waals surface area (Å²) in [6, 6.07) is 0.388. The van der Waals surface area contributed by atoms with Crippen molar-refractivity contribution in [2.24, 2.45) is 5.92 Å². The smallest absolute Gasteiger partial charge is 0.242 e. The van der Waals surface area contributed by atoms with E-state index >= 15 is 0 Å². The van der Waals surface area contributed by atoms with E-state index in [2.05, 4.69) is 44.8 Å². The summed E-state index contributed by atoms with van der Waals surface area (Å²) in [6.45, 7) is 12.7. The molecule has 0 aromatic rings. The highest BCUT2D eigenvalue weighted by Gasteiger charge is 2.40. The Bertz CT molecular complexity index is 266. The maximum absolute atomic E-state index is 12.8. The topological polar surface area (TPSA) is 32.3 Å². The van der Waals surface area contributed by atoms with Crippen molar-refractivity contribution in [1.82, 2.24) is 10.2 Å². The number of carbonyl (C=O) groups is 1. The zero-order valence-corrected chi connectivity index (χ0v) is 12.8. The largest absolute Gasteiger partial charge is 0.338 e. The molecule has 18 heavy (non-hydrogen) atoms. The quantitative estimate of drug-likeness (QED) is 0.790. The normalized spacial score (nSPS) is 23.9. The van der Waals surface area contributed by atoms with Crippen LogP contribution < -0.4 is 5.32 Å². The second-order valence-electron chi connectivity index (χ2n) is 6.18. The van der Waals surface area contributed by atoms with Gasteiger partial charge in [0.15, 0.2) is 0 Å². The lowest BCUT2D eigenvalue weighted by molar-refractivity contribution is -0.140. The molecule has 106 valence electrons. The van der Waals surface area contributed by atoms with Gasteiger partial charge >= 0.3 is 0 Å². The van der Waals surface area contributed by atoms with E-state index in [0.717, 1.165) is 38.8 Å². The van der Waals surface area contributed by atoms with Crippen molar-refractivity contribution >= 4 is 5.91 Å². The van der Waals surface area contributed by atoms with Crippen LogP contribution >= 0.6 is 0 Å². The number of hydrogen-bond acceptors (Lipinski definition) is 2. The molecular formula is C15H30N2O. The molecule has 1 fully saturated rings. The number of carbonyl (C=O) groups excluding carboxylic acids is 1. The lowest BCUT2D eigenvalue weighted by Crippen LogP contribution is -2.56. The Kier molecular flexibility index (Phi) is 5.64. The molecule has 3 nitrogen and oxygen atoms in total. The molecule has 0 radical (unpaired) electrons. The molecule has 0 aromatic heterocycles. The Hall–Kier alpha value is -0.570. The van der Waals surface area contributed by atoms with Crippen molar-refractivity contribution < 1.29 is 4.79 Å². The Labute approximate surface area is 112 Å². The molecule has 0 aromatic carbocycles. The Morgan fingerprint density at radius 1 is 1.33 bits per heavy atom. The first-order chi connectivity index (χ1) is 8.44. The predicted molar refractivity (Wildman–Crippen MR) is 76.6 cm³/mol. The van der Waals surface area contributed by atoms with Crippen LogP contribution in [0.15, 0.2) is 0 Å². The molecule has 1 amide bonds. The molecule has 0 aliphatic carbocycles. The van der Waals surface area contributed by atoms with Gasteiger partial charge in [0.2, 0.25) is 5.91 Å². The lowest BCUT2D eigenvalue weighted by Gasteiger charge is -2.38. The molecule has 1 N–H and O–H groups in total. The maximum Gasteiger partial charge on any atom is 0.242 e. The van der Waals surface area contributed by atoms with Gasteiger partial charge in [-0.05, 0) is 45.1 Å². The average molecular weight is 254 g/mol. The lowest BCUT2D eigenvalue weighted by atomic mass is 9.95. The molecule has 3 heteroatoms. The molecule has 1 saturated heterocycles. The molecule has 0 bridgehead atoms. The van der Waals surface area contributed by atoms with Gasteiger partial charge in [0, 0.05) is 12.6 Å². The third-order valence-corrected chi connectivity index (χ3v) is 4.05. The van der Waals surface area contributed by atoms with Crippen molar-refractivity contribution in [1.29, 1.82) is 0 Å². The summed E-state index contributed by atoms with van der Waals surface area (Å²) in [6.07, 6.45) is 4.18. The van der Waals surface area contributed by atoms with Crippen LogP contribution in [0.4, 0.5) is 0 Å². The van der Waals surface area contributed by atoms with E-state index in [4.69, 9.17) is 0 Å². The van der Waals surface area contributed by atoms with Crippen molar-refractivity contribution in [2.75, 3.05) is 13.1 Å². The fraction of sp³-hybridized carbons (Fsp3) is 0.933. The summed E-state index contributed by atoms with van der Waals surface area (Å²) in [5.41, 5.74) is -0.322. The van der Waals surface area contributed by atoms with Gasteiger partial charge in [-0.2, -0.15) is 0 Å². The van der Waals surface area contributed by atoms with Gasteiger partial charge in [-0.1, -0.05) is 27.7 Å². The van der Waals surface area contributed by atoms with E-state index in [0.29, 0.717) is 17.9 Å². The van der Waals surface area contributed by atoms with Gasteiger partial charge in [0.1, 0.15) is 0 Å². The van der Waals surface area contributed by atoms with E-state index in [1.54, 1.807) is 0 Å². The van der Waals surface area contributed by atoms with E-state index in [1.165, 1.54) is 0 Å². The van der Waals surface area contributed by atoms with Gasteiger partial charge in [0.05, 0.1) is 5.54 Å². The molecule has 1 heterocycles. The maximum atomic E-state index is 12.8. The number of nitrogens with one attached hydrogen (secondary N) is 1. The minimum atomic E-state index is -0.322. The third kappa shape index (κ3) is 3.47. The van der Waals surface area contributed by atoms with Gasteiger partial charge in [0.25, 0.3) is 0 Å². The summed E-state index contributed by atoms with van der Waals surface area (Å²) in [4.78, 5) is 15.0. The fourth-order valence-corrected chi connectivity index (χ4v) is 2.91. The van der Waals surface area contributed by atoms with Gasteiger partial charge in [-0.15, -0.1) is 0 Å². The Morgan fingerprint density at radius 2 is 1.94 bits per heavy atom. The van der Waals surface area contributed by atoms with E-state index in [1.807, 2.05) is 0 Å². The minimum absolute atomic E-state index is 0.308. The van der Waals surface area contributed by atoms with Crippen LogP contribution in [0.3, 0.4) is 0 Å². The van der Waals surface area contributed by atoms with Crippen LogP contribution in [0.2, 0.25) is 0 Å². The zero-order chi connectivity index (χ0) is 13.8. The molecule has 1 unspecified atom stereocenters. The first-order valence-electron chi connectivity index (χ1n) is 7.50. The molecule has 1 rings (SSSR count). The molecule has 1 atom stereocenters. The summed E-state index contributed by atoms with van der Waals surface area (Å²) >= 11 is 0. The molecule has 1 aliphatic heterocycles. The van der Waals surface area contributed by atoms with Crippen molar-refractivity contribution in [3.05, 3.63) is 0 Å². The standard InChI is InChI=1S/C15H30N2O/c1-6-13(7-2)17(11-12(3)4)14(18)15(5)9-8-10-16-15/h12-13,16H,6-11H2,1-5H3. The highest BCUT2D eigenvalue weighted by molar-refractivity contribution is 5.86. The molecule has 0 saturated carbocycles. The molecule has 1 aliphatic rings. The summed E-state index contributed by atoms with van der Waals surface area (Å²) in [5.74, 6) is 0.835. The van der Waals surface area contributed by atoms with Crippen molar-refractivity contribution in [3.63, 3.8) is 0 Å². The minimum Gasteiger partial charge on any atom is -0.338 e. The monoisotopic (exact) mass is 254 g/mol. The second-order valence-corrected chi connectivity index (χ2v) is 6.18. The van der Waals surface area contributed by atoms with Crippen molar-refractivity contribution in [2.45, 2.75) is 71.9 Å². The Balaban J connectivity index is 2.84. The average Bonchev–Trinajstić information content (AvgIpc) is 2.76. The van der Waals surface area contributed by atoms with Crippen LogP contribution in [0.25, 0.3) is 0 Å². The molecular weight excluding hydrogens is 224 g/mol. The van der Waals surface area contributed by atoms with Crippen LogP contribution in [-0.4, -0.2) is 35.5 Å². The summed E-state index contributed by atoms with van der Waals surface area (Å²) in [7, 11) is 0. The first-order valence-corrected chi connectivity index (χ1v) is 7.50. The van der Waals surface area contributed by atoms with Crippen LogP contribution in [0.1, 0.15) is 60.3 Å². The summed E-state index contributed by atoms with van der Waals surface area (Å²) < 4.78 is 0. The van der Waals surface area contributed by atoms with Crippen LogP contribution in [0.5, 0.6) is 0 Å². The fourth-order valence-electron chi connectivity index (χ4n) is 2.91. The van der Waals surface area contributed by atoms with Gasteiger partial charge in [-0.3, -0.25) is 4.79 Å². The second kappa shape index (κ2) is 6.55. The van der Waals surface area contributed by atoms with Crippen LogP contribution in [-0.2, 0) is 4.79 Å². The number of rotatable bonds is 6. The first kappa shape index (κ1) is 15.5. The van der Waals surface area contributed by atoms with E-state index in [-0.39, 0.29) is 5.54 Å². The number of amides is 1. The SMILES string of the molecule is CCC(CC)N(CC(C)C)C(=O)C1(C)CCCN1. The predicted octanol–water partition coefficient (Wildman–Crippen LogP) is 2.80. The van der Waals surface area contributed by atoms with E-state index in [9.17, 15) is 4.79 Å². The van der Waals surface area contributed by atoms with Crippen LogP contribution in [0, 0.1) is 5.92 Å². The van der Waals surface area contributed by atoms with Gasteiger partial charge < -0.3 is 10.2 Å². The Morgan fingerprint density at radius 3 is 2.33 bits per heavy atom. The third-order valence-electron chi connectivity index (χ3n) is 4.05. The number of hydrogen-bond donors (Lipinski definition) is 1. The highest BCUT2D eigenvalue weighted by Crippen LogP contribution is 2.24. The van der Waals surface area contributed by atoms with Gasteiger partial charge in [-0.25, -0.2) is 0 Å². The number of nitrogens with zero attached hydrogens (tertiary/aromatic N) is 1. The molecule has 0 spiro atoms.